The van der Waals surface area contributed by atoms with Crippen LogP contribution >= 0.6 is 0 Å². The van der Waals surface area contributed by atoms with Gasteiger partial charge in [0, 0.05) is 25.3 Å². The fourth-order valence-electron chi connectivity index (χ4n) is 2.65. The molecule has 1 fully saturated rings. The van der Waals surface area contributed by atoms with Crippen molar-refractivity contribution >= 4 is 11.9 Å². The Labute approximate surface area is 145 Å². The van der Waals surface area contributed by atoms with Gasteiger partial charge in [-0.05, 0) is 18.9 Å². The number of methoxy groups -OCH3 is 2. The topological polar surface area (TPSA) is 102 Å². The number of amides is 1. The van der Waals surface area contributed by atoms with Crippen molar-refractivity contribution in [1.29, 1.82) is 0 Å². The number of piperidine rings is 1. The first kappa shape index (κ1) is 16.9. The summed E-state index contributed by atoms with van der Waals surface area (Å²) >= 11 is 0. The molecule has 25 heavy (non-hydrogen) atoms. The van der Waals surface area contributed by atoms with E-state index in [-0.39, 0.29) is 11.9 Å². The largest absolute Gasteiger partial charge is 0.481 e. The lowest BCUT2D eigenvalue weighted by atomic mass is 10.1. The number of ether oxygens (including phenoxy) is 2. The Kier molecular flexibility index (Phi) is 5.22. The fourth-order valence-corrected chi connectivity index (χ4v) is 2.65. The molecule has 1 amide bonds. The molecule has 0 spiro atoms. The lowest BCUT2D eigenvalue weighted by molar-refractivity contribution is 0.0926. The summed E-state index contributed by atoms with van der Waals surface area (Å²) in [5.74, 6) is 1.30. The minimum Gasteiger partial charge on any atom is -0.481 e. The van der Waals surface area contributed by atoms with Crippen LogP contribution in [0.4, 0.5) is 5.95 Å². The summed E-state index contributed by atoms with van der Waals surface area (Å²) in [6.45, 7) is 1.45. The van der Waals surface area contributed by atoms with Crippen LogP contribution in [-0.4, -0.2) is 59.2 Å². The molecular formula is C16H20N6O3. The molecule has 0 radical (unpaired) electrons. The van der Waals surface area contributed by atoms with Gasteiger partial charge in [0.25, 0.3) is 5.91 Å². The first-order chi connectivity index (χ1) is 12.2. The molecule has 2 aromatic rings. The summed E-state index contributed by atoms with van der Waals surface area (Å²) in [5.41, 5.74) is 0.373. The van der Waals surface area contributed by atoms with Crippen molar-refractivity contribution in [2.45, 2.75) is 18.9 Å². The van der Waals surface area contributed by atoms with E-state index in [0.29, 0.717) is 23.4 Å². The van der Waals surface area contributed by atoms with Crippen LogP contribution in [0.2, 0.25) is 0 Å². The summed E-state index contributed by atoms with van der Waals surface area (Å²) in [4.78, 5) is 30.7. The van der Waals surface area contributed by atoms with Crippen molar-refractivity contribution in [2.75, 3.05) is 32.2 Å². The Balaban J connectivity index is 1.59. The van der Waals surface area contributed by atoms with Gasteiger partial charge >= 0.3 is 0 Å². The van der Waals surface area contributed by atoms with Crippen molar-refractivity contribution in [3.63, 3.8) is 0 Å². The van der Waals surface area contributed by atoms with Crippen molar-refractivity contribution in [1.82, 2.24) is 25.3 Å². The van der Waals surface area contributed by atoms with E-state index in [1.807, 2.05) is 0 Å². The Morgan fingerprint density at radius 1 is 1.20 bits per heavy atom. The van der Waals surface area contributed by atoms with Gasteiger partial charge in [0.2, 0.25) is 17.7 Å². The molecule has 0 bridgehead atoms. The Morgan fingerprint density at radius 2 is 1.88 bits per heavy atom. The SMILES string of the molecule is COc1cc(OC)nc(N2CCC(NC(=O)c3ccncn3)CC2)n1. The third-order valence-corrected chi connectivity index (χ3v) is 4.01. The molecule has 1 N–H and O–H groups in total. The maximum absolute atomic E-state index is 12.2. The zero-order valence-corrected chi connectivity index (χ0v) is 14.2. The average molecular weight is 344 g/mol. The second kappa shape index (κ2) is 7.73. The zero-order chi connectivity index (χ0) is 17.6. The van der Waals surface area contributed by atoms with Gasteiger partial charge in [-0.1, -0.05) is 0 Å². The predicted octanol–water partition coefficient (Wildman–Crippen LogP) is 0.683. The molecule has 1 saturated heterocycles. The lowest BCUT2D eigenvalue weighted by Crippen LogP contribution is -2.45. The van der Waals surface area contributed by atoms with Crippen molar-refractivity contribution in [3.8, 4) is 11.8 Å². The minimum absolute atomic E-state index is 0.0891. The molecule has 132 valence electrons. The molecule has 3 heterocycles. The van der Waals surface area contributed by atoms with E-state index in [4.69, 9.17) is 9.47 Å². The monoisotopic (exact) mass is 344 g/mol. The highest BCUT2D eigenvalue weighted by molar-refractivity contribution is 5.92. The van der Waals surface area contributed by atoms with E-state index in [0.717, 1.165) is 25.9 Å². The van der Waals surface area contributed by atoms with Crippen LogP contribution in [0.3, 0.4) is 0 Å². The summed E-state index contributed by atoms with van der Waals surface area (Å²) in [6.07, 6.45) is 4.50. The highest BCUT2D eigenvalue weighted by Crippen LogP contribution is 2.22. The van der Waals surface area contributed by atoms with E-state index in [9.17, 15) is 4.79 Å². The van der Waals surface area contributed by atoms with Crippen LogP contribution in [0.25, 0.3) is 0 Å². The molecule has 0 atom stereocenters. The quantitative estimate of drug-likeness (QED) is 0.845. The number of nitrogens with one attached hydrogen (secondary N) is 1. The van der Waals surface area contributed by atoms with Gasteiger partial charge in [-0.25, -0.2) is 9.97 Å². The Morgan fingerprint density at radius 3 is 2.44 bits per heavy atom. The van der Waals surface area contributed by atoms with Crippen LogP contribution in [-0.2, 0) is 0 Å². The smallest absolute Gasteiger partial charge is 0.270 e. The predicted molar refractivity (Wildman–Crippen MR) is 89.9 cm³/mol. The Bertz CT molecular complexity index is 697. The molecule has 1 aliphatic heterocycles. The molecule has 0 aliphatic carbocycles. The molecule has 0 aromatic carbocycles. The molecule has 0 unspecified atom stereocenters. The summed E-state index contributed by atoms with van der Waals surface area (Å²) in [7, 11) is 3.11. The number of hydrogen-bond donors (Lipinski definition) is 1. The normalized spacial score (nSPS) is 14.9. The first-order valence-electron chi connectivity index (χ1n) is 7.98. The van der Waals surface area contributed by atoms with E-state index < -0.39 is 0 Å². The van der Waals surface area contributed by atoms with E-state index >= 15 is 0 Å². The second-order valence-electron chi connectivity index (χ2n) is 5.58. The van der Waals surface area contributed by atoms with Crippen LogP contribution in [0, 0.1) is 0 Å². The zero-order valence-electron chi connectivity index (χ0n) is 14.2. The van der Waals surface area contributed by atoms with E-state index in [1.165, 1.54) is 6.33 Å². The maximum atomic E-state index is 12.2. The van der Waals surface area contributed by atoms with Gasteiger partial charge < -0.3 is 19.7 Å². The summed E-state index contributed by atoms with van der Waals surface area (Å²) in [5, 5.41) is 3.01. The van der Waals surface area contributed by atoms with E-state index in [1.54, 1.807) is 32.5 Å². The third kappa shape index (κ3) is 4.11. The van der Waals surface area contributed by atoms with Crippen molar-refractivity contribution in [3.05, 3.63) is 30.4 Å². The number of rotatable bonds is 5. The van der Waals surface area contributed by atoms with Gasteiger partial charge in [-0.15, -0.1) is 0 Å². The number of anilines is 1. The molecule has 3 rings (SSSR count). The maximum Gasteiger partial charge on any atom is 0.270 e. The third-order valence-electron chi connectivity index (χ3n) is 4.01. The number of hydrogen-bond acceptors (Lipinski definition) is 8. The minimum atomic E-state index is -0.180. The van der Waals surface area contributed by atoms with Crippen LogP contribution in [0.5, 0.6) is 11.8 Å². The average Bonchev–Trinajstić information content (AvgIpc) is 2.68. The van der Waals surface area contributed by atoms with Crippen LogP contribution in [0.1, 0.15) is 23.3 Å². The van der Waals surface area contributed by atoms with Crippen molar-refractivity contribution in [2.24, 2.45) is 0 Å². The van der Waals surface area contributed by atoms with E-state index in [2.05, 4.69) is 30.2 Å². The highest BCUT2D eigenvalue weighted by atomic mass is 16.5. The molecule has 9 heteroatoms. The molecule has 0 saturated carbocycles. The fraction of sp³-hybridized carbons (Fsp3) is 0.438. The number of nitrogens with zero attached hydrogens (tertiary/aromatic N) is 5. The van der Waals surface area contributed by atoms with Gasteiger partial charge in [-0.3, -0.25) is 4.79 Å². The van der Waals surface area contributed by atoms with Gasteiger partial charge in [0.1, 0.15) is 12.0 Å². The summed E-state index contributed by atoms with van der Waals surface area (Å²) < 4.78 is 10.4. The number of aromatic nitrogens is 4. The van der Waals surface area contributed by atoms with Gasteiger partial charge in [0.05, 0.1) is 20.3 Å². The number of carbonyl (C=O) groups is 1. The highest BCUT2D eigenvalue weighted by Gasteiger charge is 2.23. The van der Waals surface area contributed by atoms with Crippen LogP contribution < -0.4 is 19.7 Å². The Hall–Kier alpha value is -2.97. The molecular weight excluding hydrogens is 324 g/mol. The van der Waals surface area contributed by atoms with Gasteiger partial charge in [-0.2, -0.15) is 9.97 Å². The summed E-state index contributed by atoms with van der Waals surface area (Å²) in [6, 6.07) is 3.32. The second-order valence-corrected chi connectivity index (χ2v) is 5.58. The lowest BCUT2D eigenvalue weighted by Gasteiger charge is -2.32. The van der Waals surface area contributed by atoms with Crippen LogP contribution in [0.15, 0.2) is 24.7 Å². The molecule has 9 nitrogen and oxygen atoms in total. The standard InChI is InChI=1S/C16H20N6O3/c1-24-13-9-14(25-2)21-16(20-13)22-7-4-11(5-8-22)19-15(23)12-3-6-17-10-18-12/h3,6,9-11H,4-5,7-8H2,1-2H3,(H,19,23). The molecule has 1 aliphatic rings. The van der Waals surface area contributed by atoms with Crippen molar-refractivity contribution < 1.29 is 14.3 Å². The molecule has 2 aromatic heterocycles. The number of carbonyl (C=O) groups excluding carboxylic acids is 1. The van der Waals surface area contributed by atoms with Gasteiger partial charge in [0.15, 0.2) is 0 Å². The first-order valence-corrected chi connectivity index (χ1v) is 7.98.